The van der Waals surface area contributed by atoms with E-state index in [4.69, 9.17) is 11.6 Å². The van der Waals surface area contributed by atoms with E-state index >= 15 is 0 Å². The third-order valence-electron chi connectivity index (χ3n) is 2.95. The van der Waals surface area contributed by atoms with E-state index < -0.39 is 0 Å². The smallest absolute Gasteiger partial charge is 0.124 e. The van der Waals surface area contributed by atoms with Gasteiger partial charge in [-0.15, -0.1) is 0 Å². The van der Waals surface area contributed by atoms with E-state index in [-0.39, 0.29) is 11.9 Å². The summed E-state index contributed by atoms with van der Waals surface area (Å²) in [6.07, 6.45) is 3.58. The maximum atomic E-state index is 12.9. The number of hydrogen-bond donors (Lipinski definition) is 1. The van der Waals surface area contributed by atoms with Gasteiger partial charge in [0.25, 0.3) is 0 Å². The Morgan fingerprint density at radius 1 is 1.35 bits per heavy atom. The highest BCUT2D eigenvalue weighted by Crippen LogP contribution is 2.24. The first-order valence-electron chi connectivity index (χ1n) is 6.25. The van der Waals surface area contributed by atoms with Crippen LogP contribution in [0.15, 0.2) is 18.2 Å². The lowest BCUT2D eigenvalue weighted by Gasteiger charge is -2.21. The maximum Gasteiger partial charge on any atom is 0.124 e. The molecule has 0 heterocycles. The molecule has 96 valence electrons. The lowest BCUT2D eigenvalue weighted by Crippen LogP contribution is -2.29. The average molecular weight is 258 g/mol. The molecule has 1 aromatic carbocycles. The van der Waals surface area contributed by atoms with Crippen LogP contribution in [0.1, 0.15) is 51.6 Å². The summed E-state index contributed by atoms with van der Waals surface area (Å²) < 4.78 is 12.9. The highest BCUT2D eigenvalue weighted by molar-refractivity contribution is 6.31. The topological polar surface area (TPSA) is 12.0 Å². The van der Waals surface area contributed by atoms with E-state index in [9.17, 15) is 4.39 Å². The van der Waals surface area contributed by atoms with Crippen molar-refractivity contribution in [3.05, 3.63) is 34.6 Å². The molecule has 0 amide bonds. The highest BCUT2D eigenvalue weighted by atomic mass is 35.5. The Bertz CT molecular complexity index is 354. The number of halogens is 2. The van der Waals surface area contributed by atoms with Gasteiger partial charge in [-0.2, -0.15) is 0 Å². The molecule has 0 spiro atoms. The SMILES string of the molecule is CCCCC(C)NC(C)c1ccc(F)cc1Cl. The summed E-state index contributed by atoms with van der Waals surface area (Å²) in [7, 11) is 0. The Balaban J connectivity index is 2.60. The largest absolute Gasteiger partial charge is 0.308 e. The molecule has 17 heavy (non-hydrogen) atoms. The van der Waals surface area contributed by atoms with Crippen LogP contribution < -0.4 is 5.32 Å². The summed E-state index contributed by atoms with van der Waals surface area (Å²) in [5.41, 5.74) is 0.955. The lowest BCUT2D eigenvalue weighted by molar-refractivity contribution is 0.444. The van der Waals surface area contributed by atoms with Gasteiger partial charge in [0.2, 0.25) is 0 Å². The molecule has 0 saturated carbocycles. The van der Waals surface area contributed by atoms with Gasteiger partial charge in [0.05, 0.1) is 0 Å². The molecule has 1 N–H and O–H groups in total. The summed E-state index contributed by atoms with van der Waals surface area (Å²) in [5.74, 6) is -0.287. The Morgan fingerprint density at radius 2 is 2.06 bits per heavy atom. The second kappa shape index (κ2) is 6.97. The molecule has 1 nitrogen and oxygen atoms in total. The van der Waals surface area contributed by atoms with Crippen molar-refractivity contribution in [2.75, 3.05) is 0 Å². The molecule has 0 saturated heterocycles. The van der Waals surface area contributed by atoms with Crippen LogP contribution in [0.3, 0.4) is 0 Å². The summed E-state index contributed by atoms with van der Waals surface area (Å²) >= 11 is 6.03. The van der Waals surface area contributed by atoms with Crippen molar-refractivity contribution in [3.63, 3.8) is 0 Å². The molecule has 0 aromatic heterocycles. The quantitative estimate of drug-likeness (QED) is 0.778. The van der Waals surface area contributed by atoms with E-state index in [1.54, 1.807) is 6.07 Å². The molecule has 0 fully saturated rings. The Morgan fingerprint density at radius 3 is 2.65 bits per heavy atom. The van der Waals surface area contributed by atoms with Crippen LogP contribution in [0.25, 0.3) is 0 Å². The minimum absolute atomic E-state index is 0.148. The van der Waals surface area contributed by atoms with E-state index in [1.165, 1.54) is 25.0 Å². The third-order valence-corrected chi connectivity index (χ3v) is 3.28. The number of benzene rings is 1. The normalized spacial score (nSPS) is 14.6. The minimum Gasteiger partial charge on any atom is -0.308 e. The van der Waals surface area contributed by atoms with Crippen LogP contribution >= 0.6 is 11.6 Å². The van der Waals surface area contributed by atoms with Crippen molar-refractivity contribution in [1.29, 1.82) is 0 Å². The van der Waals surface area contributed by atoms with Crippen LogP contribution in [0.5, 0.6) is 0 Å². The van der Waals surface area contributed by atoms with Gasteiger partial charge in [-0.05, 0) is 38.0 Å². The van der Waals surface area contributed by atoms with Crippen LogP contribution in [0.2, 0.25) is 5.02 Å². The van der Waals surface area contributed by atoms with Gasteiger partial charge >= 0.3 is 0 Å². The Hall–Kier alpha value is -0.600. The van der Waals surface area contributed by atoms with Crippen LogP contribution in [0, 0.1) is 5.82 Å². The van der Waals surface area contributed by atoms with Gasteiger partial charge in [0.15, 0.2) is 0 Å². The standard InChI is InChI=1S/C14H21ClFN/c1-4-5-6-10(2)17-11(3)13-8-7-12(16)9-14(13)15/h7-11,17H,4-6H2,1-3H3. The molecule has 0 aliphatic heterocycles. The summed E-state index contributed by atoms with van der Waals surface area (Å²) in [6.45, 7) is 6.41. The molecular weight excluding hydrogens is 237 g/mol. The fraction of sp³-hybridized carbons (Fsp3) is 0.571. The molecule has 0 radical (unpaired) electrons. The van der Waals surface area contributed by atoms with Crippen LogP contribution in [0.4, 0.5) is 4.39 Å². The van der Waals surface area contributed by atoms with E-state index in [1.807, 2.05) is 0 Å². The fourth-order valence-electron chi connectivity index (χ4n) is 1.96. The van der Waals surface area contributed by atoms with Gasteiger partial charge in [0.1, 0.15) is 5.82 Å². The Kier molecular flexibility index (Phi) is 5.93. The molecule has 0 bridgehead atoms. The molecule has 0 aliphatic rings. The Labute approximate surface area is 108 Å². The second-order valence-corrected chi connectivity index (χ2v) is 5.00. The minimum atomic E-state index is -0.287. The molecule has 3 heteroatoms. The van der Waals surface area contributed by atoms with E-state index in [0.717, 1.165) is 12.0 Å². The molecule has 1 rings (SSSR count). The van der Waals surface area contributed by atoms with Crippen molar-refractivity contribution < 1.29 is 4.39 Å². The number of unbranched alkanes of at least 4 members (excludes halogenated alkanes) is 1. The van der Waals surface area contributed by atoms with Crippen molar-refractivity contribution in [1.82, 2.24) is 5.32 Å². The zero-order valence-corrected chi connectivity index (χ0v) is 11.5. The maximum absolute atomic E-state index is 12.9. The van der Waals surface area contributed by atoms with Gasteiger partial charge in [-0.3, -0.25) is 0 Å². The average Bonchev–Trinajstić information content (AvgIpc) is 2.26. The number of rotatable bonds is 6. The van der Waals surface area contributed by atoms with Crippen LogP contribution in [-0.4, -0.2) is 6.04 Å². The lowest BCUT2D eigenvalue weighted by atomic mass is 10.1. The van der Waals surface area contributed by atoms with Gasteiger partial charge < -0.3 is 5.32 Å². The molecule has 0 aliphatic carbocycles. The molecule has 1 aromatic rings. The first kappa shape index (κ1) is 14.5. The van der Waals surface area contributed by atoms with Crippen molar-refractivity contribution in [2.24, 2.45) is 0 Å². The summed E-state index contributed by atoms with van der Waals surface area (Å²) in [5, 5.41) is 3.98. The number of nitrogens with one attached hydrogen (secondary N) is 1. The van der Waals surface area contributed by atoms with E-state index in [2.05, 4.69) is 26.1 Å². The molecular formula is C14H21ClFN. The monoisotopic (exact) mass is 257 g/mol. The van der Waals surface area contributed by atoms with Gasteiger partial charge in [0, 0.05) is 17.1 Å². The summed E-state index contributed by atoms with van der Waals surface area (Å²) in [6, 6.07) is 5.17. The fourth-order valence-corrected chi connectivity index (χ4v) is 2.29. The van der Waals surface area contributed by atoms with Gasteiger partial charge in [-0.1, -0.05) is 37.4 Å². The van der Waals surface area contributed by atoms with Crippen molar-refractivity contribution in [3.8, 4) is 0 Å². The first-order valence-corrected chi connectivity index (χ1v) is 6.63. The zero-order chi connectivity index (χ0) is 12.8. The van der Waals surface area contributed by atoms with Gasteiger partial charge in [-0.25, -0.2) is 4.39 Å². The van der Waals surface area contributed by atoms with Crippen LogP contribution in [-0.2, 0) is 0 Å². The van der Waals surface area contributed by atoms with Crippen molar-refractivity contribution in [2.45, 2.75) is 52.1 Å². The predicted molar refractivity (Wildman–Crippen MR) is 71.9 cm³/mol. The highest BCUT2D eigenvalue weighted by Gasteiger charge is 2.12. The molecule has 2 unspecified atom stereocenters. The predicted octanol–water partition coefficient (Wildman–Crippen LogP) is 4.71. The second-order valence-electron chi connectivity index (χ2n) is 4.60. The first-order chi connectivity index (χ1) is 8.04. The third kappa shape index (κ3) is 4.64. The number of hydrogen-bond acceptors (Lipinski definition) is 1. The summed E-state index contributed by atoms with van der Waals surface area (Å²) in [4.78, 5) is 0. The van der Waals surface area contributed by atoms with E-state index in [0.29, 0.717) is 11.1 Å². The molecule has 2 atom stereocenters. The van der Waals surface area contributed by atoms with Crippen molar-refractivity contribution >= 4 is 11.6 Å². The zero-order valence-electron chi connectivity index (χ0n) is 10.8.